The number of hydrogen-bond acceptors (Lipinski definition) is 5. The molecule has 0 N–H and O–H groups in total. The van der Waals surface area contributed by atoms with Gasteiger partial charge in [0.15, 0.2) is 5.78 Å². The molecule has 0 fully saturated rings. The zero-order valence-corrected chi connectivity index (χ0v) is 20.5. The minimum Gasteiger partial charge on any atom is -0.497 e. The number of ether oxygens (including phenoxy) is 2. The summed E-state index contributed by atoms with van der Waals surface area (Å²) in [5.74, 6) is -0.393. The Bertz CT molecular complexity index is 1500. The van der Waals surface area contributed by atoms with Gasteiger partial charge in [-0.2, -0.15) is 0 Å². The first-order chi connectivity index (χ1) is 17.4. The van der Waals surface area contributed by atoms with Gasteiger partial charge in [-0.3, -0.25) is 14.4 Å². The second kappa shape index (κ2) is 9.47. The van der Waals surface area contributed by atoms with Gasteiger partial charge in [-0.15, -0.1) is 0 Å². The summed E-state index contributed by atoms with van der Waals surface area (Å²) in [7, 11) is 1.57. The molecule has 1 heterocycles. The van der Waals surface area contributed by atoms with E-state index < -0.39 is 5.97 Å². The zero-order valence-electron chi connectivity index (χ0n) is 19.7. The second-order valence-electron chi connectivity index (χ2n) is 8.27. The minimum absolute atomic E-state index is 0.137. The van der Waals surface area contributed by atoms with Crippen LogP contribution in [0.2, 0.25) is 5.02 Å². The summed E-state index contributed by atoms with van der Waals surface area (Å²) >= 11 is 6.14. The molecule has 1 aromatic heterocycles. The molecule has 36 heavy (non-hydrogen) atoms. The number of carbonyl (C=O) groups excluding carboxylic acids is 3. The molecule has 0 spiro atoms. The Balaban J connectivity index is 1.88. The van der Waals surface area contributed by atoms with E-state index in [4.69, 9.17) is 21.1 Å². The van der Waals surface area contributed by atoms with E-state index >= 15 is 0 Å². The summed E-state index contributed by atoms with van der Waals surface area (Å²) in [5, 5.41) is 0.530. The van der Waals surface area contributed by atoms with Crippen molar-refractivity contribution in [2.24, 2.45) is 0 Å². The fourth-order valence-corrected chi connectivity index (χ4v) is 4.78. The third-order valence-electron chi connectivity index (χ3n) is 6.21. The molecular weight excluding hydrogens is 478 g/mol. The smallest absolute Gasteiger partial charge is 0.311 e. The van der Waals surface area contributed by atoms with Crippen LogP contribution in [0.4, 0.5) is 0 Å². The first-order valence-electron chi connectivity index (χ1n) is 11.5. The van der Waals surface area contributed by atoms with Crippen LogP contribution in [-0.4, -0.2) is 35.8 Å². The van der Waals surface area contributed by atoms with Crippen LogP contribution < -0.4 is 4.74 Å². The molecule has 0 saturated carbocycles. The van der Waals surface area contributed by atoms with Gasteiger partial charge >= 0.3 is 5.97 Å². The van der Waals surface area contributed by atoms with Crippen molar-refractivity contribution in [3.05, 3.63) is 106 Å². The Kier molecular flexibility index (Phi) is 6.20. The Hall–Kier alpha value is -4.16. The molecule has 4 aromatic rings. The van der Waals surface area contributed by atoms with Crippen molar-refractivity contribution in [3.8, 4) is 22.6 Å². The number of aromatic nitrogens is 1. The molecular formula is C29H22ClNO5. The fourth-order valence-electron chi connectivity index (χ4n) is 4.66. The van der Waals surface area contributed by atoms with Crippen molar-refractivity contribution in [2.45, 2.75) is 13.3 Å². The van der Waals surface area contributed by atoms with Gasteiger partial charge in [-0.25, -0.2) is 0 Å². The van der Waals surface area contributed by atoms with E-state index in [0.717, 1.165) is 0 Å². The molecule has 1 aliphatic rings. The first-order valence-corrected chi connectivity index (χ1v) is 11.8. The summed E-state index contributed by atoms with van der Waals surface area (Å²) in [6.07, 6.45) is -0.137. The highest BCUT2D eigenvalue weighted by Gasteiger charge is 2.39. The van der Waals surface area contributed by atoms with E-state index in [2.05, 4.69) is 0 Å². The van der Waals surface area contributed by atoms with E-state index in [1.807, 2.05) is 0 Å². The lowest BCUT2D eigenvalue weighted by Gasteiger charge is -2.18. The molecule has 180 valence electrons. The van der Waals surface area contributed by atoms with Gasteiger partial charge in [0.25, 0.3) is 0 Å². The third-order valence-corrected chi connectivity index (χ3v) is 6.46. The summed E-state index contributed by atoms with van der Waals surface area (Å²) < 4.78 is 12.3. The average Bonchev–Trinajstić information content (AvgIpc) is 3.23. The van der Waals surface area contributed by atoms with E-state index in [0.29, 0.717) is 44.4 Å². The average molecular weight is 500 g/mol. The molecule has 7 heteroatoms. The monoisotopic (exact) mass is 499 g/mol. The van der Waals surface area contributed by atoms with Crippen molar-refractivity contribution >= 4 is 29.1 Å². The molecule has 0 atom stereocenters. The number of carbonyl (C=O) groups is 3. The molecule has 1 aliphatic carbocycles. The highest BCUT2D eigenvalue weighted by atomic mass is 35.5. The molecule has 3 aromatic carbocycles. The number of esters is 1. The number of nitrogens with zero attached hydrogens (tertiary/aromatic N) is 1. The number of methoxy groups -OCH3 is 1. The maximum Gasteiger partial charge on any atom is 0.311 e. The standard InChI is InChI=1S/C29H22ClNO5/c1-3-36-24(32)16-23-25(17-8-10-18(30)11-9-17)26-27(31(23)19-12-14-20(35-2)15-13-19)29(34)22-7-5-4-6-21(22)28(26)33/h4-15H,3,16H2,1-2H3. The summed E-state index contributed by atoms with van der Waals surface area (Å²) in [4.78, 5) is 40.6. The van der Waals surface area contributed by atoms with Crippen LogP contribution in [0.3, 0.4) is 0 Å². The second-order valence-corrected chi connectivity index (χ2v) is 8.71. The summed E-state index contributed by atoms with van der Waals surface area (Å²) in [6.45, 7) is 1.94. The van der Waals surface area contributed by atoms with Gasteiger partial charge < -0.3 is 14.0 Å². The van der Waals surface area contributed by atoms with E-state index in [-0.39, 0.29) is 35.9 Å². The summed E-state index contributed by atoms with van der Waals surface area (Å²) in [5.41, 5.74) is 3.42. The van der Waals surface area contributed by atoms with E-state index in [1.165, 1.54) is 0 Å². The number of fused-ring (bicyclic) bond motifs is 2. The van der Waals surface area contributed by atoms with E-state index in [9.17, 15) is 14.4 Å². The maximum absolute atomic E-state index is 13.9. The predicted octanol–water partition coefficient (Wildman–Crippen LogP) is 5.69. The molecule has 0 saturated heterocycles. The first kappa shape index (κ1) is 23.6. The van der Waals surface area contributed by atoms with Crippen molar-refractivity contribution in [3.63, 3.8) is 0 Å². The van der Waals surface area contributed by atoms with Crippen LogP contribution in [0.15, 0.2) is 72.8 Å². The highest BCUT2D eigenvalue weighted by molar-refractivity contribution is 6.31. The normalized spacial score (nSPS) is 12.2. The van der Waals surface area contributed by atoms with E-state index in [1.54, 1.807) is 91.4 Å². The zero-order chi connectivity index (χ0) is 25.4. The Morgan fingerprint density at radius 1 is 0.861 bits per heavy atom. The minimum atomic E-state index is -0.463. The number of hydrogen-bond donors (Lipinski definition) is 0. The lowest BCUT2D eigenvalue weighted by molar-refractivity contribution is -0.142. The Labute approximate surface area is 213 Å². The van der Waals surface area contributed by atoms with Gasteiger partial charge in [0.2, 0.25) is 5.78 Å². The van der Waals surface area contributed by atoms with Crippen LogP contribution in [-0.2, 0) is 16.0 Å². The topological polar surface area (TPSA) is 74.6 Å². The van der Waals surface area contributed by atoms with Crippen LogP contribution in [0.1, 0.15) is 44.6 Å². The highest BCUT2D eigenvalue weighted by Crippen LogP contribution is 2.41. The lowest BCUT2D eigenvalue weighted by atomic mass is 9.84. The van der Waals surface area contributed by atoms with Gasteiger partial charge in [-0.05, 0) is 48.9 Å². The largest absolute Gasteiger partial charge is 0.497 e. The van der Waals surface area contributed by atoms with Gasteiger partial charge in [0.05, 0.1) is 25.7 Å². The number of halogens is 1. The quantitative estimate of drug-likeness (QED) is 0.281. The van der Waals surface area contributed by atoms with Crippen molar-refractivity contribution < 1.29 is 23.9 Å². The molecule has 5 rings (SSSR count). The number of benzene rings is 3. The van der Waals surface area contributed by atoms with Crippen molar-refractivity contribution in [1.29, 1.82) is 0 Å². The van der Waals surface area contributed by atoms with Crippen LogP contribution in [0, 0.1) is 0 Å². The third kappa shape index (κ3) is 3.89. The SMILES string of the molecule is CCOC(=O)Cc1c(-c2ccc(Cl)cc2)c2c(n1-c1ccc(OC)cc1)C(=O)c1ccccc1C2=O. The molecule has 6 nitrogen and oxygen atoms in total. The van der Waals surface area contributed by atoms with Crippen LogP contribution in [0.25, 0.3) is 16.8 Å². The Morgan fingerprint density at radius 2 is 1.50 bits per heavy atom. The summed E-state index contributed by atoms with van der Waals surface area (Å²) in [6, 6.07) is 20.9. The van der Waals surface area contributed by atoms with Gasteiger partial charge in [0.1, 0.15) is 11.4 Å². The lowest BCUT2D eigenvalue weighted by Crippen LogP contribution is -2.23. The fraction of sp³-hybridized carbons (Fsp3) is 0.138. The predicted molar refractivity (Wildman–Crippen MR) is 136 cm³/mol. The van der Waals surface area contributed by atoms with Gasteiger partial charge in [0, 0.05) is 33.1 Å². The Morgan fingerprint density at radius 3 is 2.11 bits per heavy atom. The van der Waals surface area contributed by atoms with Crippen LogP contribution in [0.5, 0.6) is 5.75 Å². The van der Waals surface area contributed by atoms with Gasteiger partial charge in [-0.1, -0.05) is 48.0 Å². The number of ketones is 2. The molecule has 0 amide bonds. The molecule has 0 radical (unpaired) electrons. The molecule has 0 aliphatic heterocycles. The maximum atomic E-state index is 13.9. The number of rotatable bonds is 6. The van der Waals surface area contributed by atoms with Crippen LogP contribution >= 0.6 is 11.6 Å². The molecule has 0 bridgehead atoms. The van der Waals surface area contributed by atoms with Crippen molar-refractivity contribution in [2.75, 3.05) is 13.7 Å². The van der Waals surface area contributed by atoms with Crippen molar-refractivity contribution in [1.82, 2.24) is 4.57 Å². The molecule has 0 unspecified atom stereocenters.